The molecule has 0 heterocycles. The van der Waals surface area contributed by atoms with E-state index in [9.17, 15) is 4.21 Å². The zero-order chi connectivity index (χ0) is 12.7. The molecule has 1 aromatic rings. The van der Waals surface area contributed by atoms with Crippen LogP contribution < -0.4 is 0 Å². The molecule has 0 N–H and O–H groups in total. The number of benzene rings is 1. The Morgan fingerprint density at radius 3 is 2.76 bits per heavy atom. The van der Waals surface area contributed by atoms with Crippen molar-refractivity contribution in [3.8, 4) is 6.07 Å². The Morgan fingerprint density at radius 2 is 2.18 bits per heavy atom. The number of rotatable bonds is 6. The third-order valence-corrected chi connectivity index (χ3v) is 4.20. The average Bonchev–Trinajstić information content (AvgIpc) is 2.32. The Kier molecular flexibility index (Phi) is 6.25. The molecule has 0 aliphatic carbocycles. The van der Waals surface area contributed by atoms with Gasteiger partial charge in [0.05, 0.1) is 11.6 Å². The monoisotopic (exact) mass is 269 g/mol. The highest BCUT2D eigenvalue weighted by Crippen LogP contribution is 2.19. The minimum Gasteiger partial charge on any atom is -0.259 e. The summed E-state index contributed by atoms with van der Waals surface area (Å²) in [6.07, 6.45) is 3.25. The van der Waals surface area contributed by atoms with Gasteiger partial charge < -0.3 is 0 Å². The van der Waals surface area contributed by atoms with Crippen molar-refractivity contribution in [2.75, 3.05) is 5.75 Å². The Bertz CT molecular complexity index is 440. The maximum absolute atomic E-state index is 11.8. The first-order valence-corrected chi connectivity index (χ1v) is 7.57. The summed E-state index contributed by atoms with van der Waals surface area (Å²) < 4.78 is 11.8. The van der Waals surface area contributed by atoms with Crippen molar-refractivity contribution >= 4 is 22.4 Å². The third-order valence-electron chi connectivity index (χ3n) is 2.47. The van der Waals surface area contributed by atoms with Crippen LogP contribution in [0.3, 0.4) is 0 Å². The van der Waals surface area contributed by atoms with Crippen molar-refractivity contribution in [3.05, 3.63) is 34.3 Å². The summed E-state index contributed by atoms with van der Waals surface area (Å²) in [5.74, 6) is 1.21. The van der Waals surface area contributed by atoms with Gasteiger partial charge in [0.1, 0.15) is 0 Å². The summed E-state index contributed by atoms with van der Waals surface area (Å²) in [4.78, 5) is 0. The second kappa shape index (κ2) is 7.47. The molecule has 0 bridgehead atoms. The molecule has 0 saturated heterocycles. The maximum atomic E-state index is 11.8. The summed E-state index contributed by atoms with van der Waals surface area (Å²) in [6.45, 7) is 2.13. The molecule has 4 heteroatoms. The maximum Gasteiger partial charge on any atom is 0.0992 e. The molecule has 2 nitrogen and oxygen atoms in total. The van der Waals surface area contributed by atoms with Crippen molar-refractivity contribution < 1.29 is 4.21 Å². The van der Waals surface area contributed by atoms with Crippen LogP contribution in [-0.2, 0) is 16.6 Å². The van der Waals surface area contributed by atoms with Crippen LogP contribution in [0.1, 0.15) is 37.3 Å². The molecular weight excluding hydrogens is 254 g/mol. The predicted molar refractivity (Wildman–Crippen MR) is 72.4 cm³/mol. The molecule has 0 spiro atoms. The number of halogens is 1. The molecule has 17 heavy (non-hydrogen) atoms. The smallest absolute Gasteiger partial charge is 0.0992 e. The fourth-order valence-electron chi connectivity index (χ4n) is 1.49. The number of nitrogens with zero attached hydrogens (tertiary/aromatic N) is 1. The average molecular weight is 270 g/mol. The molecule has 1 aromatic carbocycles. The fourth-order valence-corrected chi connectivity index (χ4v) is 3.09. The van der Waals surface area contributed by atoms with Gasteiger partial charge in [0.2, 0.25) is 0 Å². The highest BCUT2D eigenvalue weighted by molar-refractivity contribution is 7.84. The molecule has 0 radical (unpaired) electrons. The van der Waals surface area contributed by atoms with Gasteiger partial charge in [-0.3, -0.25) is 4.21 Å². The highest BCUT2D eigenvalue weighted by Gasteiger charge is 2.06. The minimum atomic E-state index is -0.859. The van der Waals surface area contributed by atoms with E-state index in [1.54, 1.807) is 18.2 Å². The molecule has 0 aromatic heterocycles. The molecule has 0 aliphatic rings. The van der Waals surface area contributed by atoms with E-state index in [1.165, 1.54) is 0 Å². The SMILES string of the molecule is CCCCCS(=O)Cc1ccc(C#N)cc1Cl. The summed E-state index contributed by atoms with van der Waals surface area (Å²) in [5, 5.41) is 9.24. The molecule has 1 atom stereocenters. The summed E-state index contributed by atoms with van der Waals surface area (Å²) >= 11 is 6.03. The van der Waals surface area contributed by atoms with Gasteiger partial charge in [-0.1, -0.05) is 37.4 Å². The van der Waals surface area contributed by atoms with E-state index in [0.29, 0.717) is 16.3 Å². The van der Waals surface area contributed by atoms with Crippen molar-refractivity contribution in [1.82, 2.24) is 0 Å². The lowest BCUT2D eigenvalue weighted by atomic mass is 10.2. The number of unbranched alkanes of at least 4 members (excludes halogenated alkanes) is 2. The molecule has 1 rings (SSSR count). The molecule has 92 valence electrons. The van der Waals surface area contributed by atoms with Crippen molar-refractivity contribution in [3.63, 3.8) is 0 Å². The van der Waals surface area contributed by atoms with Gasteiger partial charge in [0.25, 0.3) is 0 Å². The van der Waals surface area contributed by atoms with Crippen molar-refractivity contribution in [1.29, 1.82) is 5.26 Å². The van der Waals surface area contributed by atoms with Gasteiger partial charge in [-0.25, -0.2) is 0 Å². The topological polar surface area (TPSA) is 40.9 Å². The fraction of sp³-hybridized carbons (Fsp3) is 0.462. The van der Waals surface area contributed by atoms with Crippen LogP contribution in [0.15, 0.2) is 18.2 Å². The lowest BCUT2D eigenvalue weighted by Crippen LogP contribution is -2.01. The lowest BCUT2D eigenvalue weighted by Gasteiger charge is -2.04. The Morgan fingerprint density at radius 1 is 1.41 bits per heavy atom. The third kappa shape index (κ3) is 4.89. The van der Waals surface area contributed by atoms with Crippen LogP contribution in [0.4, 0.5) is 0 Å². The van der Waals surface area contributed by atoms with Gasteiger partial charge >= 0.3 is 0 Å². The van der Waals surface area contributed by atoms with Gasteiger partial charge in [0.15, 0.2) is 0 Å². The second-order valence-electron chi connectivity index (χ2n) is 3.91. The van der Waals surface area contributed by atoms with E-state index < -0.39 is 10.8 Å². The van der Waals surface area contributed by atoms with Gasteiger partial charge in [-0.2, -0.15) is 5.26 Å². The van der Waals surface area contributed by atoms with Crippen LogP contribution >= 0.6 is 11.6 Å². The first-order chi connectivity index (χ1) is 8.17. The lowest BCUT2D eigenvalue weighted by molar-refractivity contribution is 0.676. The number of hydrogen-bond acceptors (Lipinski definition) is 2. The van der Waals surface area contributed by atoms with Gasteiger partial charge in [-0.05, 0) is 24.1 Å². The number of nitriles is 1. The predicted octanol–water partition coefficient (Wildman–Crippen LogP) is 3.65. The zero-order valence-corrected chi connectivity index (χ0v) is 11.5. The quantitative estimate of drug-likeness (QED) is 0.740. The minimum absolute atomic E-state index is 0.480. The standard InChI is InChI=1S/C13H16ClNOS/c1-2-3-4-7-17(16)10-12-6-5-11(9-15)8-13(12)14/h5-6,8H,2-4,7,10H2,1H3. The summed E-state index contributed by atoms with van der Waals surface area (Å²) in [6, 6.07) is 7.16. The van der Waals surface area contributed by atoms with Crippen LogP contribution in [0.5, 0.6) is 0 Å². The van der Waals surface area contributed by atoms with Crippen LogP contribution in [0.25, 0.3) is 0 Å². The van der Waals surface area contributed by atoms with Crippen molar-refractivity contribution in [2.24, 2.45) is 0 Å². The van der Waals surface area contributed by atoms with Crippen molar-refractivity contribution in [2.45, 2.75) is 31.9 Å². The van der Waals surface area contributed by atoms with E-state index in [2.05, 4.69) is 6.92 Å². The van der Waals surface area contributed by atoms with Crippen LogP contribution in [0.2, 0.25) is 5.02 Å². The molecule has 0 amide bonds. The van der Waals surface area contributed by atoms with E-state index in [4.69, 9.17) is 16.9 Å². The van der Waals surface area contributed by atoms with Crippen LogP contribution in [-0.4, -0.2) is 9.96 Å². The van der Waals surface area contributed by atoms with Crippen LogP contribution in [0, 0.1) is 11.3 Å². The number of hydrogen-bond donors (Lipinski definition) is 0. The van der Waals surface area contributed by atoms with E-state index in [-0.39, 0.29) is 0 Å². The largest absolute Gasteiger partial charge is 0.259 e. The van der Waals surface area contributed by atoms with Gasteiger partial charge in [0, 0.05) is 27.3 Å². The first-order valence-electron chi connectivity index (χ1n) is 5.71. The Labute approximate surface area is 110 Å². The molecule has 1 unspecified atom stereocenters. The molecule has 0 saturated carbocycles. The Balaban J connectivity index is 2.57. The first kappa shape index (κ1) is 14.2. The van der Waals surface area contributed by atoms with E-state index in [0.717, 1.165) is 30.6 Å². The highest BCUT2D eigenvalue weighted by atomic mass is 35.5. The second-order valence-corrected chi connectivity index (χ2v) is 5.90. The molecule has 0 fully saturated rings. The molecule has 0 aliphatic heterocycles. The Hall–Kier alpha value is -0.850. The normalized spacial score (nSPS) is 12.1. The molecular formula is C13H16ClNOS. The van der Waals surface area contributed by atoms with Gasteiger partial charge in [-0.15, -0.1) is 0 Å². The zero-order valence-electron chi connectivity index (χ0n) is 9.91. The summed E-state index contributed by atoms with van der Waals surface area (Å²) in [7, 11) is -0.859. The summed E-state index contributed by atoms with van der Waals surface area (Å²) in [5.41, 5.74) is 1.40. The van der Waals surface area contributed by atoms with E-state index in [1.807, 2.05) is 6.07 Å². The van der Waals surface area contributed by atoms with E-state index >= 15 is 0 Å².